The quantitative estimate of drug-likeness (QED) is 0.694. The Bertz CT molecular complexity index is 384. The summed E-state index contributed by atoms with van der Waals surface area (Å²) in [4.78, 5) is 11.5. The van der Waals surface area contributed by atoms with Crippen molar-refractivity contribution in [1.29, 1.82) is 5.26 Å². The van der Waals surface area contributed by atoms with Crippen molar-refractivity contribution in [3.8, 4) is 6.07 Å². The third-order valence-electron chi connectivity index (χ3n) is 2.27. The first-order valence-corrected chi connectivity index (χ1v) is 7.03. The first-order valence-electron chi connectivity index (χ1n) is 5.42. The summed E-state index contributed by atoms with van der Waals surface area (Å²) in [6.45, 7) is 1.91. The standard InChI is InChI=1S/C10H19N3O3S/c1-4-5-9(8-11)10(14)12-6-7-17(15,16)13(2)3/h9H,4-7H2,1-3H3,(H,12,14). The third kappa shape index (κ3) is 5.65. The van der Waals surface area contributed by atoms with E-state index in [1.165, 1.54) is 14.1 Å². The lowest BCUT2D eigenvalue weighted by atomic mass is 10.1. The summed E-state index contributed by atoms with van der Waals surface area (Å²) in [5.41, 5.74) is 0. The first-order chi connectivity index (χ1) is 7.85. The molecule has 1 unspecified atom stereocenters. The van der Waals surface area contributed by atoms with Crippen LogP contribution in [-0.4, -0.2) is 45.0 Å². The molecule has 0 aliphatic rings. The number of amides is 1. The highest BCUT2D eigenvalue weighted by Crippen LogP contribution is 2.04. The molecule has 0 aromatic rings. The molecule has 1 N–H and O–H groups in total. The van der Waals surface area contributed by atoms with Gasteiger partial charge in [0, 0.05) is 20.6 Å². The van der Waals surface area contributed by atoms with Crippen LogP contribution in [0, 0.1) is 17.2 Å². The SMILES string of the molecule is CCCC(C#N)C(=O)NCCS(=O)(=O)N(C)C. The number of carbonyl (C=O) groups excluding carboxylic acids is 1. The van der Waals surface area contributed by atoms with Crippen LogP contribution in [0.3, 0.4) is 0 Å². The van der Waals surface area contributed by atoms with Crippen LogP contribution in [0.15, 0.2) is 0 Å². The fraction of sp³-hybridized carbons (Fsp3) is 0.800. The van der Waals surface area contributed by atoms with Gasteiger partial charge >= 0.3 is 0 Å². The molecule has 1 atom stereocenters. The van der Waals surface area contributed by atoms with Gasteiger partial charge in [-0.3, -0.25) is 4.79 Å². The monoisotopic (exact) mass is 261 g/mol. The molecule has 6 nitrogen and oxygen atoms in total. The van der Waals surface area contributed by atoms with E-state index in [1.807, 2.05) is 13.0 Å². The first kappa shape index (κ1) is 15.9. The maximum absolute atomic E-state index is 11.5. The highest BCUT2D eigenvalue weighted by molar-refractivity contribution is 7.89. The van der Waals surface area contributed by atoms with E-state index in [9.17, 15) is 13.2 Å². The Balaban J connectivity index is 4.15. The van der Waals surface area contributed by atoms with Gasteiger partial charge in [0.25, 0.3) is 0 Å². The second-order valence-corrected chi connectivity index (χ2v) is 6.16. The Labute approximate surface area is 103 Å². The number of sulfonamides is 1. The molecule has 0 radical (unpaired) electrons. The molecule has 98 valence electrons. The van der Waals surface area contributed by atoms with Crippen LogP contribution < -0.4 is 5.32 Å². The smallest absolute Gasteiger partial charge is 0.237 e. The molecular weight excluding hydrogens is 242 g/mol. The second-order valence-electron chi connectivity index (χ2n) is 3.86. The zero-order chi connectivity index (χ0) is 13.5. The molecule has 7 heteroatoms. The predicted octanol–water partition coefficient (Wildman–Crippen LogP) is -0.0661. The van der Waals surface area contributed by atoms with Crippen molar-refractivity contribution in [2.24, 2.45) is 5.92 Å². The van der Waals surface area contributed by atoms with E-state index in [1.54, 1.807) is 0 Å². The summed E-state index contributed by atoms with van der Waals surface area (Å²) in [5.74, 6) is -1.25. The molecule has 17 heavy (non-hydrogen) atoms. The van der Waals surface area contributed by atoms with Crippen molar-refractivity contribution in [3.63, 3.8) is 0 Å². The van der Waals surface area contributed by atoms with Crippen molar-refractivity contribution in [2.75, 3.05) is 26.4 Å². The fourth-order valence-electron chi connectivity index (χ4n) is 1.15. The number of nitrogens with zero attached hydrogens (tertiary/aromatic N) is 2. The molecule has 0 spiro atoms. The number of hydrogen-bond acceptors (Lipinski definition) is 4. The normalized spacial score (nSPS) is 13.1. The van der Waals surface area contributed by atoms with Gasteiger partial charge in [0.1, 0.15) is 5.92 Å². The van der Waals surface area contributed by atoms with Crippen LogP contribution in [0.2, 0.25) is 0 Å². The lowest BCUT2D eigenvalue weighted by Gasteiger charge is -2.12. The van der Waals surface area contributed by atoms with E-state index in [4.69, 9.17) is 5.26 Å². The number of rotatable bonds is 7. The molecule has 1 amide bonds. The van der Waals surface area contributed by atoms with Gasteiger partial charge in [-0.2, -0.15) is 5.26 Å². The lowest BCUT2D eigenvalue weighted by Crippen LogP contribution is -2.36. The summed E-state index contributed by atoms with van der Waals surface area (Å²) in [7, 11) is -0.429. The minimum Gasteiger partial charge on any atom is -0.354 e. The Morgan fingerprint density at radius 1 is 1.47 bits per heavy atom. The summed E-state index contributed by atoms with van der Waals surface area (Å²) in [6, 6.07) is 1.90. The molecule has 0 rings (SSSR count). The van der Waals surface area contributed by atoms with Gasteiger partial charge in [-0.05, 0) is 6.42 Å². The number of carbonyl (C=O) groups is 1. The molecule has 0 aliphatic heterocycles. The average molecular weight is 261 g/mol. The maximum Gasteiger partial charge on any atom is 0.237 e. The van der Waals surface area contributed by atoms with Gasteiger partial charge in [0.15, 0.2) is 0 Å². The van der Waals surface area contributed by atoms with Gasteiger partial charge in [-0.25, -0.2) is 12.7 Å². The van der Waals surface area contributed by atoms with E-state index >= 15 is 0 Å². The van der Waals surface area contributed by atoms with Crippen LogP contribution in [0.25, 0.3) is 0 Å². The zero-order valence-electron chi connectivity index (χ0n) is 10.4. The Hall–Kier alpha value is -1.13. The third-order valence-corrected chi connectivity index (χ3v) is 4.10. The van der Waals surface area contributed by atoms with Crippen molar-refractivity contribution < 1.29 is 13.2 Å². The molecule has 0 saturated heterocycles. The predicted molar refractivity (Wildman–Crippen MR) is 64.5 cm³/mol. The van der Waals surface area contributed by atoms with Crippen molar-refractivity contribution in [3.05, 3.63) is 0 Å². The topological polar surface area (TPSA) is 90.3 Å². The largest absolute Gasteiger partial charge is 0.354 e. The highest BCUT2D eigenvalue weighted by Gasteiger charge is 2.18. The van der Waals surface area contributed by atoms with Gasteiger partial charge < -0.3 is 5.32 Å². The van der Waals surface area contributed by atoms with Gasteiger partial charge in [0.05, 0.1) is 11.8 Å². The van der Waals surface area contributed by atoms with Gasteiger partial charge in [-0.15, -0.1) is 0 Å². The van der Waals surface area contributed by atoms with Crippen LogP contribution in [-0.2, 0) is 14.8 Å². The van der Waals surface area contributed by atoms with Crippen molar-refractivity contribution in [2.45, 2.75) is 19.8 Å². The fourth-order valence-corrected chi connectivity index (χ4v) is 1.88. The minimum atomic E-state index is -3.30. The van der Waals surface area contributed by atoms with Crippen LogP contribution >= 0.6 is 0 Å². The molecule has 0 bridgehead atoms. The highest BCUT2D eigenvalue weighted by atomic mass is 32.2. The van der Waals surface area contributed by atoms with Gasteiger partial charge in [0.2, 0.25) is 15.9 Å². The minimum absolute atomic E-state index is 0.0290. The Morgan fingerprint density at radius 2 is 2.06 bits per heavy atom. The molecule has 0 aliphatic carbocycles. The molecular formula is C10H19N3O3S. The van der Waals surface area contributed by atoms with E-state index in [2.05, 4.69) is 5.32 Å². The Kier molecular flexibility index (Phi) is 6.76. The van der Waals surface area contributed by atoms with Crippen molar-refractivity contribution in [1.82, 2.24) is 9.62 Å². The molecule has 0 aromatic heterocycles. The number of nitriles is 1. The lowest BCUT2D eigenvalue weighted by molar-refractivity contribution is -0.123. The maximum atomic E-state index is 11.5. The van der Waals surface area contributed by atoms with Crippen molar-refractivity contribution >= 4 is 15.9 Å². The Morgan fingerprint density at radius 3 is 2.47 bits per heavy atom. The van der Waals surface area contributed by atoms with E-state index in [0.717, 1.165) is 10.7 Å². The van der Waals surface area contributed by atoms with Crippen LogP contribution in [0.5, 0.6) is 0 Å². The molecule has 0 aromatic carbocycles. The van der Waals surface area contributed by atoms with E-state index in [0.29, 0.717) is 6.42 Å². The summed E-state index contributed by atoms with van der Waals surface area (Å²) in [5, 5.41) is 11.2. The van der Waals surface area contributed by atoms with Gasteiger partial charge in [-0.1, -0.05) is 13.3 Å². The van der Waals surface area contributed by atoms with E-state index in [-0.39, 0.29) is 12.3 Å². The zero-order valence-corrected chi connectivity index (χ0v) is 11.2. The van der Waals surface area contributed by atoms with Crippen LogP contribution in [0.1, 0.15) is 19.8 Å². The summed E-state index contributed by atoms with van der Waals surface area (Å²) >= 11 is 0. The average Bonchev–Trinajstić information content (AvgIpc) is 2.25. The summed E-state index contributed by atoms with van der Waals surface area (Å²) in [6.07, 6.45) is 1.23. The second kappa shape index (κ2) is 7.25. The van der Waals surface area contributed by atoms with Crippen LogP contribution in [0.4, 0.5) is 0 Å². The molecule has 0 fully saturated rings. The summed E-state index contributed by atoms with van der Waals surface area (Å²) < 4.78 is 23.9. The van der Waals surface area contributed by atoms with E-state index < -0.39 is 21.8 Å². The molecule has 0 heterocycles. The molecule has 0 saturated carbocycles. The number of hydrogen-bond donors (Lipinski definition) is 1. The number of nitrogens with one attached hydrogen (secondary N) is 1.